The quantitative estimate of drug-likeness (QED) is 0.367. The maximum atomic E-state index is 13.7. The average Bonchev–Trinajstić information content (AvgIpc) is 3.48. The number of para-hydroxylation sites is 1. The van der Waals surface area contributed by atoms with Gasteiger partial charge in [-0.15, -0.1) is 0 Å². The van der Waals surface area contributed by atoms with Crippen molar-refractivity contribution in [1.82, 2.24) is 24.5 Å². The first-order valence-corrected chi connectivity index (χ1v) is 13.3. The van der Waals surface area contributed by atoms with Gasteiger partial charge in [0, 0.05) is 52.5 Å². The van der Waals surface area contributed by atoms with Crippen LogP contribution in [0.5, 0.6) is 0 Å². The predicted octanol–water partition coefficient (Wildman–Crippen LogP) is 4.10. The molecular formula is C26H28IN7O. The number of carbonyl (C=O) groups excluding carboxylic acids is 1. The zero-order valence-electron chi connectivity index (χ0n) is 19.7. The van der Waals surface area contributed by atoms with Crippen LogP contribution in [0.15, 0.2) is 42.6 Å². The number of likely N-dealkylation sites (tertiary alicyclic amines) is 1. The molecule has 3 aromatic heterocycles. The molecule has 35 heavy (non-hydrogen) atoms. The molecule has 0 radical (unpaired) electrons. The van der Waals surface area contributed by atoms with Crippen LogP contribution < -0.4 is 10.6 Å². The van der Waals surface area contributed by atoms with Crippen LogP contribution in [-0.4, -0.2) is 56.1 Å². The van der Waals surface area contributed by atoms with E-state index in [1.54, 1.807) is 0 Å². The van der Waals surface area contributed by atoms with Crippen molar-refractivity contribution in [2.75, 3.05) is 24.5 Å². The third kappa shape index (κ3) is 4.14. The van der Waals surface area contributed by atoms with E-state index in [4.69, 9.17) is 20.8 Å². The number of hydrogen-bond donors (Lipinski definition) is 1. The van der Waals surface area contributed by atoms with Gasteiger partial charge in [0.1, 0.15) is 11.5 Å². The van der Waals surface area contributed by atoms with Gasteiger partial charge < -0.3 is 15.5 Å². The molecule has 0 unspecified atom stereocenters. The fourth-order valence-corrected chi connectivity index (χ4v) is 5.98. The number of nitrogens with zero attached hydrogens (tertiary/aromatic N) is 6. The van der Waals surface area contributed by atoms with Crippen molar-refractivity contribution < 1.29 is 4.79 Å². The van der Waals surface area contributed by atoms with Crippen LogP contribution in [0.4, 0.5) is 5.82 Å². The summed E-state index contributed by atoms with van der Waals surface area (Å²) in [6.45, 7) is 4.52. The van der Waals surface area contributed by atoms with Crippen molar-refractivity contribution in [1.29, 1.82) is 0 Å². The van der Waals surface area contributed by atoms with Crippen molar-refractivity contribution in [2.45, 2.75) is 44.7 Å². The molecule has 2 aliphatic heterocycles. The lowest BCUT2D eigenvalue weighted by Gasteiger charge is -2.34. The molecule has 0 saturated carbocycles. The molecular weight excluding hydrogens is 553 g/mol. The Morgan fingerprint density at radius 2 is 2.00 bits per heavy atom. The molecule has 2 fully saturated rings. The summed E-state index contributed by atoms with van der Waals surface area (Å²) >= 11 is 2.28. The predicted molar refractivity (Wildman–Crippen MR) is 145 cm³/mol. The Bertz CT molecular complexity index is 1430. The standard InChI is InChI=1S/C26H28IN7O/c1-16-14-34-23(30-25(16)32-12-10-18(28)15-32)13-21(31-34)22-7-2-3-11-33(22)26(35)20-9-8-17-5-4-6-19(27)24(17)29-20/h4-6,8-9,13-14,18,22H,2-3,7,10-12,15,28H2,1H3/t18-,22-/m0/s1. The van der Waals surface area contributed by atoms with Gasteiger partial charge in [-0.1, -0.05) is 18.2 Å². The molecule has 9 heteroatoms. The van der Waals surface area contributed by atoms with Crippen molar-refractivity contribution in [2.24, 2.45) is 5.73 Å². The molecule has 0 bridgehead atoms. The van der Waals surface area contributed by atoms with Gasteiger partial charge in [0.05, 0.1) is 17.3 Å². The Morgan fingerprint density at radius 1 is 1.11 bits per heavy atom. The number of pyridine rings is 1. The molecule has 2 saturated heterocycles. The number of piperidine rings is 1. The minimum Gasteiger partial charge on any atom is -0.355 e. The van der Waals surface area contributed by atoms with Crippen LogP contribution in [0, 0.1) is 10.5 Å². The SMILES string of the molecule is Cc1cn2nc([C@@H]3CCCCN3C(=O)c3ccc4cccc(I)c4n3)cc2nc1N1CC[C@H](N)C1. The van der Waals surface area contributed by atoms with Crippen LogP contribution in [0.3, 0.4) is 0 Å². The summed E-state index contributed by atoms with van der Waals surface area (Å²) in [5.41, 5.74) is 10.2. The van der Waals surface area contributed by atoms with E-state index >= 15 is 0 Å². The summed E-state index contributed by atoms with van der Waals surface area (Å²) in [7, 11) is 0. The van der Waals surface area contributed by atoms with E-state index in [0.29, 0.717) is 12.2 Å². The molecule has 0 spiro atoms. The molecule has 4 aromatic rings. The first-order valence-electron chi connectivity index (χ1n) is 12.2. The zero-order valence-corrected chi connectivity index (χ0v) is 21.9. The van der Waals surface area contributed by atoms with E-state index < -0.39 is 0 Å². The molecule has 0 aliphatic carbocycles. The molecule has 1 amide bonds. The lowest BCUT2D eigenvalue weighted by molar-refractivity contribution is 0.0600. The minimum absolute atomic E-state index is 0.0378. The Hall–Kier alpha value is -2.79. The highest BCUT2D eigenvalue weighted by atomic mass is 127. The van der Waals surface area contributed by atoms with Gasteiger partial charge in [0.2, 0.25) is 0 Å². The smallest absolute Gasteiger partial charge is 0.273 e. The fraction of sp³-hybridized carbons (Fsp3) is 0.385. The average molecular weight is 581 g/mol. The van der Waals surface area contributed by atoms with Crippen LogP contribution in [0.1, 0.15) is 53.5 Å². The maximum Gasteiger partial charge on any atom is 0.273 e. The molecule has 6 rings (SSSR count). The lowest BCUT2D eigenvalue weighted by Crippen LogP contribution is -2.39. The highest BCUT2D eigenvalue weighted by Crippen LogP contribution is 2.33. The number of nitrogens with two attached hydrogens (primary N) is 1. The third-order valence-electron chi connectivity index (χ3n) is 7.14. The highest BCUT2D eigenvalue weighted by molar-refractivity contribution is 14.1. The Kier molecular flexibility index (Phi) is 5.84. The van der Waals surface area contributed by atoms with E-state index in [0.717, 1.165) is 76.0 Å². The number of amides is 1. The second-order valence-electron chi connectivity index (χ2n) is 9.63. The summed E-state index contributed by atoms with van der Waals surface area (Å²) < 4.78 is 2.89. The van der Waals surface area contributed by atoms with Crippen LogP contribution in [-0.2, 0) is 0 Å². The topological polar surface area (TPSA) is 92.6 Å². The summed E-state index contributed by atoms with van der Waals surface area (Å²) in [5.74, 6) is 0.938. The number of aromatic nitrogens is 4. The zero-order chi connectivity index (χ0) is 24.1. The molecule has 2 atom stereocenters. The van der Waals surface area contributed by atoms with Gasteiger partial charge in [0.15, 0.2) is 5.65 Å². The molecule has 5 heterocycles. The van der Waals surface area contributed by atoms with Gasteiger partial charge in [-0.05, 0) is 67.3 Å². The number of halogens is 1. The van der Waals surface area contributed by atoms with Crippen molar-refractivity contribution in [3.8, 4) is 0 Å². The number of rotatable bonds is 3. The van der Waals surface area contributed by atoms with Crippen LogP contribution in [0.25, 0.3) is 16.6 Å². The number of anilines is 1. The van der Waals surface area contributed by atoms with Gasteiger partial charge in [-0.3, -0.25) is 4.79 Å². The summed E-state index contributed by atoms with van der Waals surface area (Å²) in [6, 6.07) is 12.0. The fourth-order valence-electron chi connectivity index (χ4n) is 5.34. The van der Waals surface area contributed by atoms with E-state index in [1.165, 1.54) is 0 Å². The summed E-state index contributed by atoms with van der Waals surface area (Å²) in [4.78, 5) is 27.5. The van der Waals surface area contributed by atoms with E-state index in [1.807, 2.05) is 52.0 Å². The van der Waals surface area contributed by atoms with Gasteiger partial charge in [-0.25, -0.2) is 14.5 Å². The molecule has 1 aromatic carbocycles. The lowest BCUT2D eigenvalue weighted by atomic mass is 9.98. The normalized spacial score (nSPS) is 20.8. The first-order chi connectivity index (χ1) is 17.0. The number of hydrogen-bond acceptors (Lipinski definition) is 6. The number of aryl methyl sites for hydroxylation is 1. The van der Waals surface area contributed by atoms with Gasteiger partial charge in [-0.2, -0.15) is 5.10 Å². The Labute approximate surface area is 217 Å². The van der Waals surface area contributed by atoms with Crippen LogP contribution in [0.2, 0.25) is 0 Å². The number of carbonyl (C=O) groups is 1. The Morgan fingerprint density at radius 3 is 2.83 bits per heavy atom. The molecule has 2 aliphatic rings. The second-order valence-corrected chi connectivity index (χ2v) is 10.8. The van der Waals surface area contributed by atoms with Crippen molar-refractivity contribution in [3.63, 3.8) is 0 Å². The minimum atomic E-state index is -0.0887. The summed E-state index contributed by atoms with van der Waals surface area (Å²) in [6.07, 6.45) is 5.95. The van der Waals surface area contributed by atoms with Crippen molar-refractivity contribution in [3.05, 3.63) is 63.1 Å². The van der Waals surface area contributed by atoms with Crippen LogP contribution >= 0.6 is 22.6 Å². The maximum absolute atomic E-state index is 13.7. The summed E-state index contributed by atoms with van der Waals surface area (Å²) in [5, 5.41) is 5.91. The largest absolute Gasteiger partial charge is 0.355 e. The van der Waals surface area contributed by atoms with Gasteiger partial charge >= 0.3 is 0 Å². The third-order valence-corrected chi connectivity index (χ3v) is 8.01. The second kappa shape index (κ2) is 9.02. The Balaban J connectivity index is 1.33. The highest BCUT2D eigenvalue weighted by Gasteiger charge is 2.32. The van der Waals surface area contributed by atoms with Crippen molar-refractivity contribution >= 4 is 50.9 Å². The molecule has 8 nitrogen and oxygen atoms in total. The molecule has 2 N–H and O–H groups in total. The first kappa shape index (κ1) is 22.7. The molecule has 180 valence electrons. The van der Waals surface area contributed by atoms with E-state index in [-0.39, 0.29) is 18.0 Å². The van der Waals surface area contributed by atoms with E-state index in [2.05, 4.69) is 34.4 Å². The number of fused-ring (bicyclic) bond motifs is 2. The monoisotopic (exact) mass is 581 g/mol. The van der Waals surface area contributed by atoms with E-state index in [9.17, 15) is 4.79 Å². The van der Waals surface area contributed by atoms with Gasteiger partial charge in [0.25, 0.3) is 5.91 Å². The number of benzene rings is 1.